The van der Waals surface area contributed by atoms with Crippen molar-refractivity contribution in [2.45, 2.75) is 23.3 Å². The van der Waals surface area contributed by atoms with Crippen molar-refractivity contribution < 1.29 is 4.57 Å². The summed E-state index contributed by atoms with van der Waals surface area (Å²) < 4.78 is 4.15. The molecule has 9 nitrogen and oxygen atoms in total. The van der Waals surface area contributed by atoms with Crippen molar-refractivity contribution in [2.24, 2.45) is 7.05 Å². The Morgan fingerprint density at radius 2 is 0.859 bits per heavy atom. The maximum Gasteiger partial charge on any atom is 0.204 e. The lowest BCUT2D eigenvalue weighted by Gasteiger charge is -2.37. The van der Waals surface area contributed by atoms with Gasteiger partial charge in [0, 0.05) is 97.2 Å². The fourth-order valence-corrected chi connectivity index (χ4v) is 11.5. The highest BCUT2D eigenvalue weighted by Gasteiger charge is 2.53. The molecule has 10 aromatic rings. The van der Waals surface area contributed by atoms with Crippen LogP contribution in [0.1, 0.15) is 66.9 Å². The van der Waals surface area contributed by atoms with Crippen LogP contribution in [0.4, 0.5) is 0 Å². The Kier molecular flexibility index (Phi) is 7.58. The van der Waals surface area contributed by atoms with Gasteiger partial charge in [-0.3, -0.25) is 34.9 Å². The van der Waals surface area contributed by atoms with Crippen LogP contribution in [-0.4, -0.2) is 39.5 Å². The highest BCUT2D eigenvalue weighted by Crippen LogP contribution is 2.60. The van der Waals surface area contributed by atoms with Gasteiger partial charge in [0.25, 0.3) is 0 Å². The molecule has 0 fully saturated rings. The molecule has 64 heavy (non-hydrogen) atoms. The minimum absolute atomic E-state index is 0.826. The minimum Gasteiger partial charge on any atom is -0.354 e. The van der Waals surface area contributed by atoms with Crippen LogP contribution in [0.25, 0.3) is 33.4 Å². The largest absolute Gasteiger partial charge is 0.354 e. The summed E-state index contributed by atoms with van der Waals surface area (Å²) in [4.78, 5) is 33.9. The molecule has 0 radical (unpaired) electrons. The van der Waals surface area contributed by atoms with E-state index in [1.54, 1.807) is 0 Å². The van der Waals surface area contributed by atoms with E-state index in [2.05, 4.69) is 121 Å². The van der Waals surface area contributed by atoms with Gasteiger partial charge < -0.3 is 9.13 Å². The molecule has 0 unspecified atom stereocenters. The highest BCUT2D eigenvalue weighted by molar-refractivity contribution is 5.88. The second-order valence-electron chi connectivity index (χ2n) is 17.0. The number of benzene rings is 2. The third kappa shape index (κ3) is 4.57. The molecule has 2 aromatic carbocycles. The molecule has 0 saturated carbocycles. The van der Waals surface area contributed by atoms with Gasteiger partial charge in [-0.15, -0.1) is 0 Å². The number of hydrogen-bond donors (Lipinski definition) is 0. The summed E-state index contributed by atoms with van der Waals surface area (Å²) in [5, 5.41) is 0. The fraction of sp³-hybridized carbons (Fsp3) is 0.0909. The van der Waals surface area contributed by atoms with Crippen LogP contribution in [-0.2, 0) is 23.4 Å². The first-order valence-electron chi connectivity index (χ1n) is 21.4. The topological polar surface area (TPSA) is 99.0 Å². The van der Waals surface area contributed by atoms with Gasteiger partial charge in [0.15, 0.2) is 5.54 Å². The van der Waals surface area contributed by atoms with Crippen molar-refractivity contribution in [2.75, 3.05) is 0 Å². The lowest BCUT2D eigenvalue weighted by Crippen LogP contribution is -2.38. The van der Waals surface area contributed by atoms with Crippen molar-refractivity contribution in [3.8, 4) is 33.4 Å². The van der Waals surface area contributed by atoms with E-state index >= 15 is 0 Å². The summed E-state index contributed by atoms with van der Waals surface area (Å²) in [5.74, 6) is 0. The Morgan fingerprint density at radius 1 is 0.453 bits per heavy atom. The third-order valence-corrected chi connectivity index (χ3v) is 14.0. The van der Waals surface area contributed by atoms with Gasteiger partial charge in [-0.2, -0.15) is 0 Å². The lowest BCUT2D eigenvalue weighted by molar-refractivity contribution is -0.675. The monoisotopic (exact) mass is 823 g/mol. The second kappa shape index (κ2) is 13.3. The maximum atomic E-state index is 5.18. The number of pyridine rings is 7. The average molecular weight is 824 g/mol. The molecule has 3 aliphatic carbocycles. The van der Waals surface area contributed by atoms with Crippen molar-refractivity contribution in [1.82, 2.24) is 39.5 Å². The van der Waals surface area contributed by atoms with Gasteiger partial charge in [-0.1, -0.05) is 42.5 Å². The third-order valence-electron chi connectivity index (χ3n) is 14.0. The molecular weight excluding hydrogens is 787 g/mol. The SMILES string of the molecule is Cc1ccnc(C2(c3cccc(C4(c5cccc(C6(n7[c-][n+](C)cc7)c7cnccc7-c7ccncc76)c5)c5cnccc5-c5ccncc54)c3)c3cnccc3-c3ccncc32)c1. The molecule has 0 atom stereocenters. The number of imidazole rings is 1. The molecule has 0 saturated heterocycles. The maximum absolute atomic E-state index is 5.18. The predicted molar refractivity (Wildman–Crippen MR) is 242 cm³/mol. The van der Waals surface area contributed by atoms with E-state index in [9.17, 15) is 0 Å². The summed E-state index contributed by atoms with van der Waals surface area (Å²) in [6, 6.07) is 35.1. The smallest absolute Gasteiger partial charge is 0.204 e. The van der Waals surface area contributed by atoms with Crippen molar-refractivity contribution in [1.29, 1.82) is 0 Å². The Labute approximate surface area is 369 Å². The molecule has 0 spiro atoms. The molecule has 13 rings (SSSR count). The van der Waals surface area contributed by atoms with Crippen molar-refractivity contribution >= 4 is 0 Å². The van der Waals surface area contributed by atoms with Crippen LogP contribution in [0, 0.1) is 13.3 Å². The van der Waals surface area contributed by atoms with E-state index in [4.69, 9.17) is 34.9 Å². The predicted octanol–water partition coefficient (Wildman–Crippen LogP) is 8.73. The fourth-order valence-electron chi connectivity index (χ4n) is 11.5. The Bertz CT molecular complexity index is 3400. The number of aryl methyl sites for hydroxylation is 2. The number of hydrogen-bond acceptors (Lipinski definition) is 7. The second-order valence-corrected chi connectivity index (χ2v) is 17.0. The molecule has 0 bridgehead atoms. The molecule has 0 aliphatic heterocycles. The van der Waals surface area contributed by atoms with Gasteiger partial charge >= 0.3 is 0 Å². The molecule has 0 N–H and O–H groups in total. The van der Waals surface area contributed by atoms with E-state index in [0.29, 0.717) is 0 Å². The molecule has 3 aliphatic rings. The standard InChI is InChI=1S/C55H37N9/c1-35-9-22-62-52(25-35)54(48-30-58-18-12-42(48)43-13-19-59-31-49(43)54)38-7-3-5-36(26-38)53(46-28-56-16-10-40(46)41-11-17-57-29-47(41)53)37-6-4-8-39(27-37)55(64-24-23-63(2)34-64)50-32-60-20-14-44(50)45-15-21-61-33-51(45)55/h3-33H,1-2H3. The molecule has 8 aromatic heterocycles. The summed E-state index contributed by atoms with van der Waals surface area (Å²) in [6.45, 7) is 2.12. The summed E-state index contributed by atoms with van der Waals surface area (Å²) in [6.07, 6.45) is 33.1. The summed E-state index contributed by atoms with van der Waals surface area (Å²) >= 11 is 0. The zero-order valence-electron chi connectivity index (χ0n) is 34.9. The zero-order chi connectivity index (χ0) is 42.6. The highest BCUT2D eigenvalue weighted by atomic mass is 15.2. The van der Waals surface area contributed by atoms with Crippen LogP contribution in [0.3, 0.4) is 0 Å². The summed E-state index contributed by atoms with van der Waals surface area (Å²) in [7, 11) is 2.00. The first-order chi connectivity index (χ1) is 31.5. The van der Waals surface area contributed by atoms with Crippen LogP contribution < -0.4 is 4.57 Å². The van der Waals surface area contributed by atoms with Crippen LogP contribution in [0.2, 0.25) is 0 Å². The number of nitrogens with zero attached hydrogens (tertiary/aromatic N) is 9. The Hall–Kier alpha value is -8.30. The lowest BCUT2D eigenvalue weighted by atomic mass is 9.65. The van der Waals surface area contributed by atoms with E-state index in [1.807, 2.05) is 98.4 Å². The average Bonchev–Trinajstić information content (AvgIpc) is 4.09. The first-order valence-corrected chi connectivity index (χ1v) is 21.4. The van der Waals surface area contributed by atoms with Gasteiger partial charge in [-0.25, -0.2) is 0 Å². The molecule has 9 heteroatoms. The van der Waals surface area contributed by atoms with Gasteiger partial charge in [0.05, 0.1) is 23.6 Å². The van der Waals surface area contributed by atoms with Gasteiger partial charge in [0.1, 0.15) is 0 Å². The zero-order valence-corrected chi connectivity index (χ0v) is 34.9. The van der Waals surface area contributed by atoms with Crippen LogP contribution in [0.5, 0.6) is 0 Å². The van der Waals surface area contributed by atoms with Gasteiger partial charge in [0.2, 0.25) is 6.33 Å². The van der Waals surface area contributed by atoms with E-state index in [1.165, 1.54) is 0 Å². The van der Waals surface area contributed by atoms with Crippen molar-refractivity contribution in [3.63, 3.8) is 0 Å². The minimum atomic E-state index is -0.866. The molecule has 0 amide bonds. The Balaban J connectivity index is 1.14. The van der Waals surface area contributed by atoms with Crippen LogP contribution >= 0.6 is 0 Å². The van der Waals surface area contributed by atoms with E-state index in [0.717, 1.165) is 100 Å². The molecule has 8 heterocycles. The first kappa shape index (κ1) is 36.4. The number of aromatic nitrogens is 9. The van der Waals surface area contributed by atoms with E-state index < -0.39 is 16.4 Å². The summed E-state index contributed by atoms with van der Waals surface area (Å²) in [5.41, 5.74) is 16.9. The number of rotatable bonds is 6. The van der Waals surface area contributed by atoms with Crippen molar-refractivity contribution in [3.05, 3.63) is 263 Å². The van der Waals surface area contributed by atoms with Crippen LogP contribution in [0.15, 0.2) is 190 Å². The number of fused-ring (bicyclic) bond motifs is 9. The molecule has 302 valence electrons. The quantitative estimate of drug-likeness (QED) is 0.122. The Morgan fingerprint density at radius 3 is 1.31 bits per heavy atom. The van der Waals surface area contributed by atoms with Gasteiger partial charge in [-0.05, 0) is 152 Å². The molecular formula is C55H37N9. The van der Waals surface area contributed by atoms with E-state index in [-0.39, 0.29) is 0 Å². The normalized spacial score (nSPS) is 15.1.